The molecule has 0 saturated heterocycles. The Hall–Kier alpha value is -0.520. The fourth-order valence-corrected chi connectivity index (χ4v) is 1.64. The Morgan fingerprint density at radius 3 is 2.64 bits per heavy atom. The number of hydrazine groups is 1. The highest BCUT2D eigenvalue weighted by molar-refractivity contribution is 5.04. The smallest absolute Gasteiger partial charge is 0.0353 e. The normalized spacial score (nSPS) is 29.1. The van der Waals surface area contributed by atoms with Crippen LogP contribution in [0.25, 0.3) is 0 Å². The first-order valence-electron chi connectivity index (χ1n) is 4.01. The first-order valence-corrected chi connectivity index (χ1v) is 4.01. The summed E-state index contributed by atoms with van der Waals surface area (Å²) in [6.07, 6.45) is 7.19. The molecule has 0 aromatic carbocycles. The maximum atomic E-state index is 5.38. The molecule has 0 bridgehead atoms. The zero-order valence-electron chi connectivity index (χ0n) is 7.22. The van der Waals surface area contributed by atoms with E-state index in [2.05, 4.69) is 25.2 Å². The van der Waals surface area contributed by atoms with E-state index in [-0.39, 0.29) is 0 Å². The third kappa shape index (κ3) is 1.74. The highest BCUT2D eigenvalue weighted by atomic mass is 15.2. The molecule has 0 aliphatic heterocycles. The van der Waals surface area contributed by atoms with E-state index in [0.717, 1.165) is 6.42 Å². The first-order chi connectivity index (χ1) is 5.11. The van der Waals surface area contributed by atoms with Crippen molar-refractivity contribution in [2.24, 2.45) is 17.2 Å². The lowest BCUT2D eigenvalue weighted by atomic mass is 10.0. The van der Waals surface area contributed by atoms with E-state index in [1.54, 1.807) is 0 Å². The van der Waals surface area contributed by atoms with Crippen molar-refractivity contribution in [1.29, 1.82) is 0 Å². The third-order valence-electron chi connectivity index (χ3n) is 2.63. The molecule has 0 spiro atoms. The summed E-state index contributed by atoms with van der Waals surface area (Å²) in [5, 5.41) is 0. The number of nitrogens with one attached hydrogen (secondary N) is 1. The molecule has 1 aliphatic carbocycles. The number of hydrogen-bond acceptors (Lipinski definition) is 2. The van der Waals surface area contributed by atoms with Crippen LogP contribution in [0.5, 0.6) is 0 Å². The van der Waals surface area contributed by atoms with Gasteiger partial charge in [-0.3, -0.25) is 11.3 Å². The molecule has 11 heavy (non-hydrogen) atoms. The SMILES string of the molecule is C#CCC(NN)C1CC1(C)C. The zero-order chi connectivity index (χ0) is 8.48. The van der Waals surface area contributed by atoms with Gasteiger partial charge >= 0.3 is 0 Å². The predicted octanol–water partition coefficient (Wildman–Crippen LogP) is 0.888. The van der Waals surface area contributed by atoms with Crippen LogP contribution in [0.15, 0.2) is 0 Å². The summed E-state index contributed by atoms with van der Waals surface area (Å²) in [5.41, 5.74) is 3.23. The number of rotatable bonds is 3. The molecule has 62 valence electrons. The average Bonchev–Trinajstić information content (AvgIpc) is 2.55. The molecule has 1 aliphatic rings. The first kappa shape index (κ1) is 8.58. The Bertz CT molecular complexity index is 178. The van der Waals surface area contributed by atoms with Crippen molar-refractivity contribution in [3.63, 3.8) is 0 Å². The summed E-state index contributed by atoms with van der Waals surface area (Å²) in [6.45, 7) is 4.50. The Kier molecular flexibility index (Phi) is 2.22. The van der Waals surface area contributed by atoms with Gasteiger partial charge in [0.25, 0.3) is 0 Å². The topological polar surface area (TPSA) is 38.0 Å². The van der Waals surface area contributed by atoms with Gasteiger partial charge in [-0.2, -0.15) is 0 Å². The van der Waals surface area contributed by atoms with Gasteiger partial charge in [0.15, 0.2) is 0 Å². The Labute approximate surface area is 68.5 Å². The maximum Gasteiger partial charge on any atom is 0.0353 e. The minimum atomic E-state index is 0.315. The van der Waals surface area contributed by atoms with E-state index >= 15 is 0 Å². The molecular weight excluding hydrogens is 136 g/mol. The summed E-state index contributed by atoms with van der Waals surface area (Å²) in [5.74, 6) is 8.68. The summed E-state index contributed by atoms with van der Waals surface area (Å²) in [7, 11) is 0. The van der Waals surface area contributed by atoms with Crippen LogP contribution >= 0.6 is 0 Å². The van der Waals surface area contributed by atoms with Gasteiger partial charge in [0.05, 0.1) is 0 Å². The molecule has 0 heterocycles. The standard InChI is InChI=1S/C9H16N2/c1-4-5-8(11-10)7-6-9(7,2)3/h1,7-8,11H,5-6,10H2,2-3H3. The van der Waals surface area contributed by atoms with Gasteiger partial charge in [0, 0.05) is 12.5 Å². The van der Waals surface area contributed by atoms with Crippen molar-refractivity contribution >= 4 is 0 Å². The molecule has 0 aromatic heterocycles. The Morgan fingerprint density at radius 1 is 1.82 bits per heavy atom. The molecule has 0 radical (unpaired) electrons. The van der Waals surface area contributed by atoms with Crippen LogP contribution in [0.3, 0.4) is 0 Å². The van der Waals surface area contributed by atoms with Crippen molar-refractivity contribution in [1.82, 2.24) is 5.43 Å². The van der Waals surface area contributed by atoms with Crippen molar-refractivity contribution < 1.29 is 0 Å². The number of nitrogens with two attached hydrogens (primary N) is 1. The number of hydrogen-bond donors (Lipinski definition) is 2. The van der Waals surface area contributed by atoms with Crippen LogP contribution in [-0.4, -0.2) is 6.04 Å². The molecule has 0 aromatic rings. The van der Waals surface area contributed by atoms with Crippen molar-refractivity contribution in [3.8, 4) is 12.3 Å². The van der Waals surface area contributed by atoms with E-state index in [9.17, 15) is 0 Å². The van der Waals surface area contributed by atoms with E-state index in [1.807, 2.05) is 0 Å². The fourth-order valence-electron chi connectivity index (χ4n) is 1.64. The van der Waals surface area contributed by atoms with E-state index in [1.165, 1.54) is 6.42 Å². The Morgan fingerprint density at radius 2 is 2.36 bits per heavy atom. The second-order valence-corrected chi connectivity index (χ2v) is 3.98. The minimum absolute atomic E-state index is 0.315. The lowest BCUT2D eigenvalue weighted by Crippen LogP contribution is -2.37. The van der Waals surface area contributed by atoms with Crippen LogP contribution in [0.2, 0.25) is 0 Å². The summed E-state index contributed by atoms with van der Waals surface area (Å²) < 4.78 is 0. The molecule has 2 nitrogen and oxygen atoms in total. The highest BCUT2D eigenvalue weighted by Gasteiger charge is 2.49. The molecule has 3 N–H and O–H groups in total. The predicted molar refractivity (Wildman–Crippen MR) is 46.4 cm³/mol. The zero-order valence-corrected chi connectivity index (χ0v) is 7.22. The lowest BCUT2D eigenvalue weighted by molar-refractivity contribution is 0.417. The molecule has 2 atom stereocenters. The largest absolute Gasteiger partial charge is 0.271 e. The third-order valence-corrected chi connectivity index (χ3v) is 2.63. The van der Waals surface area contributed by atoms with Crippen LogP contribution < -0.4 is 11.3 Å². The minimum Gasteiger partial charge on any atom is -0.271 e. The van der Waals surface area contributed by atoms with Crippen LogP contribution in [0.1, 0.15) is 26.7 Å². The summed E-state index contributed by atoms with van der Waals surface area (Å²) in [6, 6.07) is 0.315. The second kappa shape index (κ2) is 2.84. The van der Waals surface area contributed by atoms with E-state index in [4.69, 9.17) is 12.3 Å². The van der Waals surface area contributed by atoms with Gasteiger partial charge in [-0.25, -0.2) is 0 Å². The second-order valence-electron chi connectivity index (χ2n) is 3.98. The van der Waals surface area contributed by atoms with Crippen molar-refractivity contribution in [3.05, 3.63) is 0 Å². The van der Waals surface area contributed by atoms with Crippen LogP contribution in [0.4, 0.5) is 0 Å². The van der Waals surface area contributed by atoms with Crippen LogP contribution in [0, 0.1) is 23.7 Å². The Balaban J connectivity index is 2.41. The van der Waals surface area contributed by atoms with Crippen molar-refractivity contribution in [2.45, 2.75) is 32.7 Å². The molecule has 1 saturated carbocycles. The molecular formula is C9H16N2. The van der Waals surface area contributed by atoms with Gasteiger partial charge in [-0.15, -0.1) is 12.3 Å². The van der Waals surface area contributed by atoms with Crippen LogP contribution in [-0.2, 0) is 0 Å². The maximum absolute atomic E-state index is 5.38. The summed E-state index contributed by atoms with van der Waals surface area (Å²) in [4.78, 5) is 0. The van der Waals surface area contributed by atoms with Gasteiger partial charge in [-0.1, -0.05) is 13.8 Å². The molecule has 2 unspecified atom stereocenters. The summed E-state index contributed by atoms with van der Waals surface area (Å²) >= 11 is 0. The van der Waals surface area contributed by atoms with Gasteiger partial charge < -0.3 is 0 Å². The quantitative estimate of drug-likeness (QED) is 0.358. The van der Waals surface area contributed by atoms with E-state index < -0.39 is 0 Å². The van der Waals surface area contributed by atoms with Gasteiger partial charge in [0.2, 0.25) is 0 Å². The monoisotopic (exact) mass is 152 g/mol. The van der Waals surface area contributed by atoms with Gasteiger partial charge in [0.1, 0.15) is 0 Å². The number of terminal acetylenes is 1. The lowest BCUT2D eigenvalue weighted by Gasteiger charge is -2.14. The van der Waals surface area contributed by atoms with Crippen molar-refractivity contribution in [2.75, 3.05) is 0 Å². The molecule has 1 fully saturated rings. The van der Waals surface area contributed by atoms with E-state index in [0.29, 0.717) is 17.4 Å². The average molecular weight is 152 g/mol. The molecule has 1 rings (SSSR count). The molecule has 0 amide bonds. The fraction of sp³-hybridized carbons (Fsp3) is 0.778. The molecule has 2 heteroatoms. The van der Waals surface area contributed by atoms with Gasteiger partial charge in [-0.05, 0) is 17.8 Å². The highest BCUT2D eigenvalue weighted by Crippen LogP contribution is 2.53.